The van der Waals surface area contributed by atoms with Gasteiger partial charge in [0.25, 0.3) is 0 Å². The number of nitrogens with zero attached hydrogens (tertiary/aromatic N) is 5. The first kappa shape index (κ1) is 15.2. The Labute approximate surface area is 131 Å². The van der Waals surface area contributed by atoms with Crippen LogP contribution in [0.25, 0.3) is 0 Å². The molecule has 1 N–H and O–H groups in total. The molecule has 0 aliphatic heterocycles. The number of aromatic nitrogens is 5. The SMILES string of the molecule is CC(C)Cn1ncnc1CN[C@H]1CCCC[C@@H]1n1cccn1. The minimum absolute atomic E-state index is 0.449. The van der Waals surface area contributed by atoms with E-state index >= 15 is 0 Å². The van der Waals surface area contributed by atoms with Gasteiger partial charge in [0.2, 0.25) is 0 Å². The molecule has 1 saturated carbocycles. The van der Waals surface area contributed by atoms with E-state index in [9.17, 15) is 0 Å². The third-order valence-electron chi connectivity index (χ3n) is 4.35. The maximum Gasteiger partial charge on any atom is 0.140 e. The van der Waals surface area contributed by atoms with Crippen molar-refractivity contribution < 1.29 is 0 Å². The zero-order valence-corrected chi connectivity index (χ0v) is 13.5. The van der Waals surface area contributed by atoms with Crippen molar-refractivity contribution in [1.82, 2.24) is 29.9 Å². The van der Waals surface area contributed by atoms with E-state index in [1.807, 2.05) is 16.9 Å². The molecule has 6 heteroatoms. The molecular weight excluding hydrogens is 276 g/mol. The number of hydrogen-bond donors (Lipinski definition) is 1. The summed E-state index contributed by atoms with van der Waals surface area (Å²) in [5.74, 6) is 1.60. The highest BCUT2D eigenvalue weighted by molar-refractivity contribution is 4.92. The first-order valence-electron chi connectivity index (χ1n) is 8.33. The number of rotatable bonds is 6. The van der Waals surface area contributed by atoms with Gasteiger partial charge in [-0.2, -0.15) is 10.2 Å². The Morgan fingerprint density at radius 2 is 2.14 bits per heavy atom. The van der Waals surface area contributed by atoms with Crippen LogP contribution in [0, 0.1) is 5.92 Å². The van der Waals surface area contributed by atoms with Gasteiger partial charge < -0.3 is 5.32 Å². The van der Waals surface area contributed by atoms with Crippen molar-refractivity contribution in [2.24, 2.45) is 5.92 Å². The monoisotopic (exact) mass is 302 g/mol. The van der Waals surface area contributed by atoms with Gasteiger partial charge in [0, 0.05) is 25.0 Å². The molecule has 0 amide bonds. The van der Waals surface area contributed by atoms with Gasteiger partial charge in [0.1, 0.15) is 12.2 Å². The zero-order chi connectivity index (χ0) is 15.4. The fourth-order valence-electron chi connectivity index (χ4n) is 3.29. The predicted molar refractivity (Wildman–Crippen MR) is 85.2 cm³/mol. The lowest BCUT2D eigenvalue weighted by molar-refractivity contribution is 0.243. The van der Waals surface area contributed by atoms with Crippen LogP contribution in [0.3, 0.4) is 0 Å². The summed E-state index contributed by atoms with van der Waals surface area (Å²) in [4.78, 5) is 4.41. The minimum atomic E-state index is 0.449. The topological polar surface area (TPSA) is 60.6 Å². The van der Waals surface area contributed by atoms with Gasteiger partial charge in [-0.15, -0.1) is 0 Å². The normalized spacial score (nSPS) is 22.3. The molecule has 2 atom stereocenters. The van der Waals surface area contributed by atoms with E-state index in [1.165, 1.54) is 25.7 Å². The summed E-state index contributed by atoms with van der Waals surface area (Å²) in [7, 11) is 0. The van der Waals surface area contributed by atoms with Crippen LogP contribution in [0.2, 0.25) is 0 Å². The molecule has 1 aliphatic rings. The Bertz CT molecular complexity index is 559. The first-order chi connectivity index (χ1) is 10.7. The summed E-state index contributed by atoms with van der Waals surface area (Å²) in [5.41, 5.74) is 0. The lowest BCUT2D eigenvalue weighted by Gasteiger charge is -2.32. The molecular formula is C16H26N6. The Morgan fingerprint density at radius 3 is 2.91 bits per heavy atom. The molecule has 0 aromatic carbocycles. The molecule has 120 valence electrons. The molecule has 0 saturated heterocycles. The van der Waals surface area contributed by atoms with Crippen LogP contribution in [-0.2, 0) is 13.1 Å². The molecule has 3 rings (SSSR count). The summed E-state index contributed by atoms with van der Waals surface area (Å²) < 4.78 is 4.12. The second-order valence-corrected chi connectivity index (χ2v) is 6.58. The quantitative estimate of drug-likeness (QED) is 0.890. The molecule has 6 nitrogen and oxygen atoms in total. The maximum absolute atomic E-state index is 4.44. The highest BCUT2D eigenvalue weighted by Crippen LogP contribution is 2.28. The third-order valence-corrected chi connectivity index (χ3v) is 4.35. The maximum atomic E-state index is 4.44. The number of hydrogen-bond acceptors (Lipinski definition) is 4. The average Bonchev–Trinajstić information content (AvgIpc) is 3.16. The minimum Gasteiger partial charge on any atom is -0.305 e. The van der Waals surface area contributed by atoms with E-state index in [2.05, 4.69) is 45.2 Å². The average molecular weight is 302 g/mol. The lowest BCUT2D eigenvalue weighted by Crippen LogP contribution is -2.40. The first-order valence-corrected chi connectivity index (χ1v) is 8.33. The summed E-state index contributed by atoms with van der Waals surface area (Å²) in [6.07, 6.45) is 10.6. The van der Waals surface area contributed by atoms with Crippen molar-refractivity contribution in [3.63, 3.8) is 0 Å². The smallest absolute Gasteiger partial charge is 0.140 e. The third kappa shape index (κ3) is 3.55. The van der Waals surface area contributed by atoms with Gasteiger partial charge in [0.05, 0.1) is 12.6 Å². The van der Waals surface area contributed by atoms with Crippen molar-refractivity contribution in [3.05, 3.63) is 30.6 Å². The largest absolute Gasteiger partial charge is 0.305 e. The Morgan fingerprint density at radius 1 is 1.27 bits per heavy atom. The van der Waals surface area contributed by atoms with Crippen molar-refractivity contribution in [3.8, 4) is 0 Å². The summed E-state index contributed by atoms with van der Waals surface area (Å²) >= 11 is 0. The Hall–Kier alpha value is -1.69. The van der Waals surface area contributed by atoms with Crippen LogP contribution < -0.4 is 5.32 Å². The van der Waals surface area contributed by atoms with Gasteiger partial charge in [-0.05, 0) is 24.8 Å². The zero-order valence-electron chi connectivity index (χ0n) is 13.5. The van der Waals surface area contributed by atoms with Crippen molar-refractivity contribution in [2.75, 3.05) is 0 Å². The highest BCUT2D eigenvalue weighted by atomic mass is 15.3. The predicted octanol–water partition coefficient (Wildman–Crippen LogP) is 2.40. The highest BCUT2D eigenvalue weighted by Gasteiger charge is 2.26. The van der Waals surface area contributed by atoms with Crippen LogP contribution in [-0.4, -0.2) is 30.6 Å². The van der Waals surface area contributed by atoms with E-state index in [-0.39, 0.29) is 0 Å². The van der Waals surface area contributed by atoms with E-state index in [0.717, 1.165) is 18.9 Å². The van der Waals surface area contributed by atoms with E-state index < -0.39 is 0 Å². The van der Waals surface area contributed by atoms with Gasteiger partial charge in [-0.25, -0.2) is 9.67 Å². The molecule has 2 heterocycles. The second-order valence-electron chi connectivity index (χ2n) is 6.58. The summed E-state index contributed by atoms with van der Waals surface area (Å²) in [5, 5.41) is 12.5. The van der Waals surface area contributed by atoms with Crippen LogP contribution in [0.5, 0.6) is 0 Å². The molecule has 0 unspecified atom stereocenters. The second kappa shape index (κ2) is 7.05. The molecule has 0 radical (unpaired) electrons. The van der Waals surface area contributed by atoms with Crippen molar-refractivity contribution in [1.29, 1.82) is 0 Å². The molecule has 0 bridgehead atoms. The van der Waals surface area contributed by atoms with Crippen LogP contribution in [0.1, 0.15) is 51.4 Å². The molecule has 0 spiro atoms. The summed E-state index contributed by atoms with van der Waals surface area (Å²) in [6, 6.07) is 2.91. The summed E-state index contributed by atoms with van der Waals surface area (Å²) in [6.45, 7) is 6.10. The van der Waals surface area contributed by atoms with E-state index in [0.29, 0.717) is 18.0 Å². The lowest BCUT2D eigenvalue weighted by atomic mass is 9.90. The van der Waals surface area contributed by atoms with Crippen LogP contribution in [0.15, 0.2) is 24.8 Å². The van der Waals surface area contributed by atoms with E-state index in [4.69, 9.17) is 0 Å². The number of nitrogens with one attached hydrogen (secondary N) is 1. The molecule has 22 heavy (non-hydrogen) atoms. The van der Waals surface area contributed by atoms with Gasteiger partial charge >= 0.3 is 0 Å². The molecule has 2 aromatic heterocycles. The van der Waals surface area contributed by atoms with Crippen LogP contribution in [0.4, 0.5) is 0 Å². The fourth-order valence-corrected chi connectivity index (χ4v) is 3.29. The molecule has 2 aromatic rings. The fraction of sp³-hybridized carbons (Fsp3) is 0.688. The Balaban J connectivity index is 1.63. The van der Waals surface area contributed by atoms with Crippen LogP contribution >= 0.6 is 0 Å². The van der Waals surface area contributed by atoms with Gasteiger partial charge in [-0.1, -0.05) is 26.7 Å². The van der Waals surface area contributed by atoms with Gasteiger partial charge in [0.15, 0.2) is 0 Å². The van der Waals surface area contributed by atoms with Crippen molar-refractivity contribution in [2.45, 2.75) is 64.7 Å². The van der Waals surface area contributed by atoms with Gasteiger partial charge in [-0.3, -0.25) is 4.68 Å². The van der Waals surface area contributed by atoms with Crippen molar-refractivity contribution >= 4 is 0 Å². The molecule has 1 fully saturated rings. The molecule has 1 aliphatic carbocycles. The van der Waals surface area contributed by atoms with E-state index in [1.54, 1.807) is 6.33 Å². The standard InChI is InChI=1S/C16H26N6/c1-13(2)11-22-16(18-12-20-22)10-17-14-6-3-4-7-15(14)21-9-5-8-19-21/h5,8-9,12-15,17H,3-4,6-7,10-11H2,1-2H3/t14-,15-/m0/s1. The Kier molecular flexibility index (Phi) is 4.87.